The minimum absolute atomic E-state index is 0.339. The van der Waals surface area contributed by atoms with E-state index in [1.54, 1.807) is 25.1 Å². The number of fused-ring (bicyclic) bond motifs is 1. The zero-order valence-corrected chi connectivity index (χ0v) is 11.8. The molecule has 2 aromatic carbocycles. The Kier molecular flexibility index (Phi) is 3.70. The molecule has 0 aliphatic heterocycles. The average molecular weight is 296 g/mol. The van der Waals surface area contributed by atoms with Crippen LogP contribution in [0.1, 0.15) is 11.5 Å². The van der Waals surface area contributed by atoms with Crippen molar-refractivity contribution in [1.82, 2.24) is 4.98 Å². The van der Waals surface area contributed by atoms with E-state index in [0.29, 0.717) is 22.7 Å². The van der Waals surface area contributed by atoms with E-state index in [2.05, 4.69) is 10.3 Å². The second-order valence-electron chi connectivity index (χ2n) is 4.81. The van der Waals surface area contributed by atoms with Crippen molar-refractivity contribution < 1.29 is 13.6 Å². The van der Waals surface area contributed by atoms with Crippen LogP contribution in [0, 0.1) is 12.7 Å². The van der Waals surface area contributed by atoms with Crippen LogP contribution in [0.4, 0.5) is 10.1 Å². The molecule has 0 unspecified atom stereocenters. The van der Waals surface area contributed by atoms with Crippen molar-refractivity contribution >= 4 is 28.8 Å². The summed E-state index contributed by atoms with van der Waals surface area (Å²) in [5.41, 5.74) is 2.31. The number of anilines is 1. The van der Waals surface area contributed by atoms with E-state index in [1.807, 2.05) is 18.2 Å². The molecule has 110 valence electrons. The lowest BCUT2D eigenvalue weighted by atomic mass is 10.2. The Labute approximate surface area is 126 Å². The number of aromatic nitrogens is 1. The second kappa shape index (κ2) is 5.81. The summed E-state index contributed by atoms with van der Waals surface area (Å²) >= 11 is 0. The third kappa shape index (κ3) is 3.03. The zero-order valence-electron chi connectivity index (χ0n) is 11.8. The molecule has 1 heterocycles. The fraction of sp³-hybridized carbons (Fsp3) is 0.0588. The van der Waals surface area contributed by atoms with Gasteiger partial charge >= 0.3 is 0 Å². The molecule has 1 aromatic heterocycles. The molecule has 0 radical (unpaired) electrons. The Hall–Kier alpha value is -2.95. The Morgan fingerprint density at radius 3 is 2.86 bits per heavy atom. The van der Waals surface area contributed by atoms with Crippen molar-refractivity contribution in [2.75, 3.05) is 5.32 Å². The highest BCUT2D eigenvalue weighted by molar-refractivity contribution is 6.01. The van der Waals surface area contributed by atoms with Gasteiger partial charge in [-0.25, -0.2) is 9.37 Å². The maximum atomic E-state index is 13.4. The number of para-hydroxylation sites is 2. The van der Waals surface area contributed by atoms with Crippen molar-refractivity contribution in [2.24, 2.45) is 0 Å². The van der Waals surface area contributed by atoms with Crippen molar-refractivity contribution in [3.05, 3.63) is 65.8 Å². The van der Waals surface area contributed by atoms with Crippen molar-refractivity contribution in [3.8, 4) is 0 Å². The number of nitrogens with zero attached hydrogens (tertiary/aromatic N) is 1. The van der Waals surface area contributed by atoms with Gasteiger partial charge in [0.2, 0.25) is 11.8 Å². The van der Waals surface area contributed by atoms with Gasteiger partial charge in [-0.3, -0.25) is 4.79 Å². The summed E-state index contributed by atoms with van der Waals surface area (Å²) < 4.78 is 18.9. The first-order chi connectivity index (χ1) is 10.6. The molecule has 0 fully saturated rings. The SMILES string of the molecule is Cc1ccc(NC(=O)/C=C/c2nc3ccccc3o2)cc1F. The fourth-order valence-electron chi connectivity index (χ4n) is 1.96. The van der Waals surface area contributed by atoms with Gasteiger partial charge in [0.05, 0.1) is 0 Å². The van der Waals surface area contributed by atoms with Gasteiger partial charge in [0.15, 0.2) is 5.58 Å². The number of hydrogen-bond acceptors (Lipinski definition) is 3. The largest absolute Gasteiger partial charge is 0.437 e. The molecule has 4 nitrogen and oxygen atoms in total. The normalized spacial score (nSPS) is 11.2. The maximum Gasteiger partial charge on any atom is 0.248 e. The van der Waals surface area contributed by atoms with Gasteiger partial charge in [0.25, 0.3) is 0 Å². The molecule has 1 amide bonds. The molecule has 0 saturated carbocycles. The van der Waals surface area contributed by atoms with Gasteiger partial charge in [-0.2, -0.15) is 0 Å². The number of rotatable bonds is 3. The number of halogens is 1. The Bertz CT molecular complexity index is 835. The molecule has 3 rings (SSSR count). The van der Waals surface area contributed by atoms with Crippen LogP contribution in [0.2, 0.25) is 0 Å². The van der Waals surface area contributed by atoms with Gasteiger partial charge in [-0.15, -0.1) is 0 Å². The summed E-state index contributed by atoms with van der Waals surface area (Å²) in [5.74, 6) is -0.405. The molecule has 22 heavy (non-hydrogen) atoms. The summed E-state index contributed by atoms with van der Waals surface area (Å²) in [7, 11) is 0. The molecule has 0 bridgehead atoms. The second-order valence-corrected chi connectivity index (χ2v) is 4.81. The van der Waals surface area contributed by atoms with Crippen LogP contribution in [-0.2, 0) is 4.79 Å². The summed E-state index contributed by atoms with van der Waals surface area (Å²) in [6.07, 6.45) is 2.77. The zero-order chi connectivity index (χ0) is 15.5. The molecule has 0 aliphatic carbocycles. The lowest BCUT2D eigenvalue weighted by Gasteiger charge is -2.03. The predicted octanol–water partition coefficient (Wildman–Crippen LogP) is 3.93. The molecule has 0 aliphatic rings. The molecular formula is C17H13FN2O2. The van der Waals surface area contributed by atoms with E-state index in [4.69, 9.17) is 4.42 Å². The van der Waals surface area contributed by atoms with Crippen LogP contribution < -0.4 is 5.32 Å². The minimum Gasteiger partial charge on any atom is -0.437 e. The lowest BCUT2D eigenvalue weighted by molar-refractivity contribution is -0.111. The number of carbonyl (C=O) groups excluding carboxylic acids is 1. The highest BCUT2D eigenvalue weighted by atomic mass is 19.1. The van der Waals surface area contributed by atoms with Crippen LogP contribution in [0.5, 0.6) is 0 Å². The van der Waals surface area contributed by atoms with Crippen LogP contribution in [0.25, 0.3) is 17.2 Å². The standard InChI is InChI=1S/C17H13FN2O2/c1-11-6-7-12(10-13(11)18)19-16(21)8-9-17-20-14-4-2-3-5-15(14)22-17/h2-10H,1H3,(H,19,21)/b9-8+. The molecule has 0 spiro atoms. The first-order valence-electron chi connectivity index (χ1n) is 6.72. The summed E-state index contributed by atoms with van der Waals surface area (Å²) in [4.78, 5) is 16.0. The van der Waals surface area contributed by atoms with Gasteiger partial charge in [0.1, 0.15) is 11.3 Å². The first kappa shape index (κ1) is 14.0. The van der Waals surface area contributed by atoms with E-state index in [9.17, 15) is 9.18 Å². The number of benzene rings is 2. The quantitative estimate of drug-likeness (QED) is 0.745. The minimum atomic E-state index is -0.384. The Balaban J connectivity index is 1.71. The van der Waals surface area contributed by atoms with Crippen LogP contribution in [-0.4, -0.2) is 10.9 Å². The monoisotopic (exact) mass is 296 g/mol. The van der Waals surface area contributed by atoms with Crippen molar-refractivity contribution in [3.63, 3.8) is 0 Å². The lowest BCUT2D eigenvalue weighted by Crippen LogP contribution is -2.08. The number of oxazole rings is 1. The highest BCUT2D eigenvalue weighted by Gasteiger charge is 2.04. The molecule has 0 atom stereocenters. The third-order valence-corrected chi connectivity index (χ3v) is 3.13. The smallest absolute Gasteiger partial charge is 0.248 e. The molecule has 3 aromatic rings. The number of aryl methyl sites for hydroxylation is 1. The van der Waals surface area contributed by atoms with Gasteiger partial charge in [0, 0.05) is 17.8 Å². The third-order valence-electron chi connectivity index (χ3n) is 3.13. The topological polar surface area (TPSA) is 55.1 Å². The van der Waals surface area contributed by atoms with E-state index in [-0.39, 0.29) is 11.7 Å². The number of hydrogen-bond donors (Lipinski definition) is 1. The maximum absolute atomic E-state index is 13.4. The number of nitrogens with one attached hydrogen (secondary N) is 1. The number of amides is 1. The predicted molar refractivity (Wildman–Crippen MR) is 82.8 cm³/mol. The van der Waals surface area contributed by atoms with E-state index >= 15 is 0 Å². The van der Waals surface area contributed by atoms with Crippen molar-refractivity contribution in [2.45, 2.75) is 6.92 Å². The summed E-state index contributed by atoms with van der Waals surface area (Å²) in [5, 5.41) is 2.58. The highest BCUT2D eigenvalue weighted by Crippen LogP contribution is 2.16. The molecular weight excluding hydrogens is 283 g/mol. The average Bonchev–Trinajstić information content (AvgIpc) is 2.92. The molecule has 0 saturated heterocycles. The Morgan fingerprint density at radius 1 is 1.27 bits per heavy atom. The Morgan fingerprint density at radius 2 is 2.09 bits per heavy atom. The van der Waals surface area contributed by atoms with Crippen molar-refractivity contribution in [1.29, 1.82) is 0 Å². The van der Waals surface area contributed by atoms with E-state index < -0.39 is 0 Å². The van der Waals surface area contributed by atoms with Gasteiger partial charge < -0.3 is 9.73 Å². The van der Waals surface area contributed by atoms with E-state index in [0.717, 1.165) is 5.52 Å². The fourth-order valence-corrected chi connectivity index (χ4v) is 1.96. The molecule has 5 heteroatoms. The summed E-state index contributed by atoms with van der Waals surface area (Å²) in [6.45, 7) is 1.66. The van der Waals surface area contributed by atoms with Crippen LogP contribution in [0.3, 0.4) is 0 Å². The van der Waals surface area contributed by atoms with Crippen LogP contribution in [0.15, 0.2) is 53.0 Å². The molecule has 1 N–H and O–H groups in total. The van der Waals surface area contributed by atoms with Gasteiger partial charge in [-0.1, -0.05) is 18.2 Å². The first-order valence-corrected chi connectivity index (χ1v) is 6.72. The van der Waals surface area contributed by atoms with Crippen LogP contribution >= 0.6 is 0 Å². The van der Waals surface area contributed by atoms with Gasteiger partial charge in [-0.05, 0) is 36.8 Å². The van der Waals surface area contributed by atoms with E-state index in [1.165, 1.54) is 18.2 Å². The number of carbonyl (C=O) groups is 1. The summed E-state index contributed by atoms with van der Waals surface area (Å²) in [6, 6.07) is 11.9.